The molecule has 8 heteroatoms. The van der Waals surface area contributed by atoms with Gasteiger partial charge >= 0.3 is 0 Å². The van der Waals surface area contributed by atoms with Crippen LogP contribution in [0.4, 0.5) is 5.82 Å². The first-order valence-corrected chi connectivity index (χ1v) is 9.62. The minimum absolute atomic E-state index is 0.0774. The summed E-state index contributed by atoms with van der Waals surface area (Å²) in [6.45, 7) is 4.06. The van der Waals surface area contributed by atoms with Crippen molar-refractivity contribution in [3.05, 3.63) is 70.6 Å². The van der Waals surface area contributed by atoms with Crippen molar-refractivity contribution < 1.29 is 9.84 Å². The number of fused-ring (bicyclic) bond motifs is 1. The van der Waals surface area contributed by atoms with Crippen LogP contribution >= 0.6 is 11.6 Å². The molecule has 30 heavy (non-hydrogen) atoms. The monoisotopic (exact) mass is 421 g/mol. The van der Waals surface area contributed by atoms with Crippen LogP contribution in [-0.2, 0) is 0 Å². The normalized spacial score (nSPS) is 11.3. The Bertz CT molecular complexity index is 1270. The Morgan fingerprint density at radius 1 is 1.17 bits per heavy atom. The number of aromatic hydroxyl groups is 1. The molecule has 0 amide bonds. The summed E-state index contributed by atoms with van der Waals surface area (Å²) in [5.74, 6) is 1.06. The third kappa shape index (κ3) is 3.55. The lowest BCUT2D eigenvalue weighted by molar-refractivity contribution is 0.373. The lowest BCUT2D eigenvalue weighted by Crippen LogP contribution is -1.99. The van der Waals surface area contributed by atoms with Gasteiger partial charge in [-0.1, -0.05) is 17.7 Å². The summed E-state index contributed by atoms with van der Waals surface area (Å²) in [5.41, 5.74) is 7.58. The van der Waals surface area contributed by atoms with Crippen molar-refractivity contribution >= 4 is 34.7 Å². The summed E-state index contributed by atoms with van der Waals surface area (Å²) in [5, 5.41) is 15.6. The van der Waals surface area contributed by atoms with Gasteiger partial charge in [-0.15, -0.1) is 0 Å². The number of hydrogen-bond donors (Lipinski definition) is 2. The van der Waals surface area contributed by atoms with E-state index in [0.29, 0.717) is 16.6 Å². The molecule has 2 N–H and O–H groups in total. The molecule has 0 fully saturated rings. The Kier molecular flexibility index (Phi) is 5.29. The van der Waals surface area contributed by atoms with E-state index in [-0.39, 0.29) is 5.75 Å². The zero-order valence-corrected chi connectivity index (χ0v) is 17.5. The van der Waals surface area contributed by atoms with E-state index in [4.69, 9.17) is 16.3 Å². The fourth-order valence-corrected chi connectivity index (χ4v) is 3.54. The van der Waals surface area contributed by atoms with Gasteiger partial charge in [0.2, 0.25) is 0 Å². The first-order chi connectivity index (χ1) is 14.5. The molecule has 0 atom stereocenters. The molecular formula is C22H20ClN5O2. The smallest absolute Gasteiger partial charge is 0.161 e. The van der Waals surface area contributed by atoms with Gasteiger partial charge in [0, 0.05) is 16.4 Å². The van der Waals surface area contributed by atoms with Crippen LogP contribution in [0.15, 0.2) is 53.9 Å². The second-order valence-corrected chi connectivity index (χ2v) is 7.18. The number of methoxy groups -OCH3 is 1. The number of aromatic nitrogens is 3. The molecule has 0 aliphatic rings. The van der Waals surface area contributed by atoms with Gasteiger partial charge in [-0.25, -0.2) is 9.97 Å². The molecule has 0 spiro atoms. The van der Waals surface area contributed by atoms with Crippen LogP contribution in [0.25, 0.3) is 16.7 Å². The fraction of sp³-hybridized carbons (Fsp3) is 0.136. The molecule has 0 unspecified atom stereocenters. The van der Waals surface area contributed by atoms with E-state index in [1.54, 1.807) is 24.4 Å². The number of phenolic OH excluding ortho intramolecular Hbond substituents is 1. The summed E-state index contributed by atoms with van der Waals surface area (Å²) in [6.07, 6.45) is 3.13. The summed E-state index contributed by atoms with van der Waals surface area (Å²) >= 11 is 6.19. The number of nitrogens with one attached hydrogen (secondary N) is 1. The molecule has 152 valence electrons. The molecule has 0 saturated carbocycles. The van der Waals surface area contributed by atoms with Crippen molar-refractivity contribution in [2.75, 3.05) is 12.5 Å². The van der Waals surface area contributed by atoms with Crippen LogP contribution in [0.1, 0.15) is 16.8 Å². The molecule has 2 aromatic heterocycles. The quantitative estimate of drug-likeness (QED) is 0.355. The minimum atomic E-state index is 0.0774. The number of hydrogen-bond acceptors (Lipinski definition) is 6. The highest BCUT2D eigenvalue weighted by Gasteiger charge is 2.17. The van der Waals surface area contributed by atoms with E-state index in [1.807, 2.05) is 38.1 Å². The fourth-order valence-electron chi connectivity index (χ4n) is 3.36. The molecule has 4 rings (SSSR count). The first-order valence-electron chi connectivity index (χ1n) is 9.24. The van der Waals surface area contributed by atoms with Gasteiger partial charge in [0.1, 0.15) is 6.33 Å². The third-order valence-electron chi connectivity index (χ3n) is 4.95. The summed E-state index contributed by atoms with van der Waals surface area (Å²) in [4.78, 5) is 8.87. The van der Waals surface area contributed by atoms with Crippen molar-refractivity contribution in [2.45, 2.75) is 13.8 Å². The first kappa shape index (κ1) is 19.7. The molecule has 0 saturated heterocycles. The maximum Gasteiger partial charge on any atom is 0.161 e. The molecule has 0 radical (unpaired) electrons. The van der Waals surface area contributed by atoms with Gasteiger partial charge in [0.15, 0.2) is 23.0 Å². The van der Waals surface area contributed by atoms with Crippen LogP contribution < -0.4 is 10.2 Å². The van der Waals surface area contributed by atoms with E-state index in [2.05, 4.69) is 25.1 Å². The average molecular weight is 422 g/mol. The maximum absolute atomic E-state index is 9.71. The van der Waals surface area contributed by atoms with Crippen molar-refractivity contribution in [3.63, 3.8) is 0 Å². The molecule has 7 nitrogen and oxygen atoms in total. The standard InChI is InChI=1S/C22H20ClN5O2/c1-13-14(2)28(17-6-4-5-16(23)10-17)22-20(13)21(24-12-25-22)27-26-11-15-7-8-18(29)19(9-15)30-3/h4-12,29H,1-3H3,(H,24,25,27). The second-order valence-electron chi connectivity index (χ2n) is 6.75. The lowest BCUT2D eigenvalue weighted by Gasteiger charge is -2.08. The topological polar surface area (TPSA) is 84.6 Å². The Hall–Kier alpha value is -3.58. The van der Waals surface area contributed by atoms with E-state index in [9.17, 15) is 5.11 Å². The van der Waals surface area contributed by atoms with Crippen molar-refractivity contribution in [1.29, 1.82) is 0 Å². The molecule has 0 aliphatic carbocycles. The Labute approximate surface area is 178 Å². The number of anilines is 1. The minimum Gasteiger partial charge on any atom is -0.504 e. The Balaban J connectivity index is 1.72. The van der Waals surface area contributed by atoms with Gasteiger partial charge in [-0.2, -0.15) is 5.10 Å². The van der Waals surface area contributed by atoms with Gasteiger partial charge in [0.25, 0.3) is 0 Å². The number of rotatable bonds is 5. The van der Waals surface area contributed by atoms with Crippen LogP contribution in [-0.4, -0.2) is 33.0 Å². The number of benzene rings is 2. The molecular weight excluding hydrogens is 402 g/mol. The van der Waals surface area contributed by atoms with E-state index in [0.717, 1.165) is 33.5 Å². The van der Waals surface area contributed by atoms with Crippen molar-refractivity contribution in [2.24, 2.45) is 5.10 Å². The van der Waals surface area contributed by atoms with Crippen LogP contribution in [0.2, 0.25) is 5.02 Å². The highest BCUT2D eigenvalue weighted by Crippen LogP contribution is 2.32. The lowest BCUT2D eigenvalue weighted by atomic mass is 10.2. The predicted octanol–water partition coefficient (Wildman–Crippen LogP) is 4.85. The number of nitrogens with zero attached hydrogens (tertiary/aromatic N) is 4. The van der Waals surface area contributed by atoms with Crippen LogP contribution in [0.3, 0.4) is 0 Å². The zero-order valence-electron chi connectivity index (χ0n) is 16.7. The molecule has 2 heterocycles. The summed E-state index contributed by atoms with van der Waals surface area (Å²) in [6, 6.07) is 12.6. The van der Waals surface area contributed by atoms with Crippen LogP contribution in [0, 0.1) is 13.8 Å². The van der Waals surface area contributed by atoms with E-state index in [1.165, 1.54) is 13.4 Å². The maximum atomic E-state index is 9.71. The van der Waals surface area contributed by atoms with Crippen molar-refractivity contribution in [3.8, 4) is 17.2 Å². The van der Waals surface area contributed by atoms with Gasteiger partial charge in [-0.3, -0.25) is 9.99 Å². The highest BCUT2D eigenvalue weighted by molar-refractivity contribution is 6.30. The number of phenols is 1. The largest absolute Gasteiger partial charge is 0.504 e. The van der Waals surface area contributed by atoms with Gasteiger partial charge < -0.3 is 9.84 Å². The highest BCUT2D eigenvalue weighted by atomic mass is 35.5. The Morgan fingerprint density at radius 3 is 2.77 bits per heavy atom. The Morgan fingerprint density at radius 2 is 2.00 bits per heavy atom. The third-order valence-corrected chi connectivity index (χ3v) is 5.18. The average Bonchev–Trinajstić information content (AvgIpc) is 3.00. The molecule has 2 aromatic carbocycles. The van der Waals surface area contributed by atoms with E-state index >= 15 is 0 Å². The van der Waals surface area contributed by atoms with Gasteiger partial charge in [-0.05, 0) is 61.4 Å². The number of halogens is 1. The number of ether oxygens (including phenoxy) is 1. The van der Waals surface area contributed by atoms with Crippen molar-refractivity contribution in [1.82, 2.24) is 14.5 Å². The van der Waals surface area contributed by atoms with Crippen LogP contribution in [0.5, 0.6) is 11.5 Å². The molecule has 0 bridgehead atoms. The molecule has 4 aromatic rings. The number of hydrazone groups is 1. The summed E-state index contributed by atoms with van der Waals surface area (Å²) in [7, 11) is 1.50. The van der Waals surface area contributed by atoms with E-state index < -0.39 is 0 Å². The SMILES string of the molecule is COc1cc(C=NNc2ncnc3c2c(C)c(C)n3-c2cccc(Cl)c2)ccc1O. The number of aryl methyl sites for hydroxylation is 1. The zero-order chi connectivity index (χ0) is 21.3. The molecule has 0 aliphatic heterocycles. The predicted molar refractivity (Wildman–Crippen MR) is 119 cm³/mol. The van der Waals surface area contributed by atoms with Gasteiger partial charge in [0.05, 0.1) is 18.7 Å². The summed E-state index contributed by atoms with van der Waals surface area (Å²) < 4.78 is 7.18. The second kappa shape index (κ2) is 8.04.